The first-order valence-electron chi connectivity index (χ1n) is 10.7. The molecule has 33 heavy (non-hydrogen) atoms. The molecule has 166 valence electrons. The molecule has 5 rings (SSSR count). The summed E-state index contributed by atoms with van der Waals surface area (Å²) in [4.78, 5) is 29.0. The molecule has 0 bridgehead atoms. The maximum absolute atomic E-state index is 15.8. The molecule has 0 spiro atoms. The molecule has 1 fully saturated rings. The van der Waals surface area contributed by atoms with Crippen LogP contribution in [0.3, 0.4) is 0 Å². The largest absolute Gasteiger partial charge is 0.508 e. The van der Waals surface area contributed by atoms with E-state index in [-0.39, 0.29) is 22.9 Å². The van der Waals surface area contributed by atoms with Crippen molar-refractivity contribution >= 4 is 33.4 Å². The van der Waals surface area contributed by atoms with Crippen LogP contribution in [0.4, 0.5) is 10.2 Å². The lowest BCUT2D eigenvalue weighted by molar-refractivity contribution is -0.126. The predicted molar refractivity (Wildman–Crippen MR) is 126 cm³/mol. The number of nitrogens with zero attached hydrogens (tertiary/aromatic N) is 5. The molecule has 1 aliphatic rings. The van der Waals surface area contributed by atoms with Crippen molar-refractivity contribution in [2.75, 3.05) is 31.1 Å². The highest BCUT2D eigenvalue weighted by atomic mass is 19.1. The normalized spacial score (nSPS) is 14.1. The second-order valence-corrected chi connectivity index (χ2v) is 8.01. The van der Waals surface area contributed by atoms with Crippen molar-refractivity contribution in [3.8, 4) is 17.0 Å². The number of amides is 1. The molecule has 0 aliphatic carbocycles. The molecule has 7 nitrogen and oxygen atoms in total. The third kappa shape index (κ3) is 3.63. The van der Waals surface area contributed by atoms with Gasteiger partial charge >= 0.3 is 0 Å². The van der Waals surface area contributed by atoms with E-state index in [1.165, 1.54) is 12.1 Å². The summed E-state index contributed by atoms with van der Waals surface area (Å²) in [7, 11) is 0. The molecular formula is C25H22FN5O2. The van der Waals surface area contributed by atoms with Gasteiger partial charge in [0.2, 0.25) is 5.91 Å². The van der Waals surface area contributed by atoms with Crippen molar-refractivity contribution in [3.05, 3.63) is 66.9 Å². The highest BCUT2D eigenvalue weighted by Gasteiger charge is 2.24. The zero-order valence-corrected chi connectivity index (χ0v) is 18.1. The molecule has 8 heteroatoms. The highest BCUT2D eigenvalue weighted by Crippen LogP contribution is 2.36. The molecule has 1 saturated heterocycles. The van der Waals surface area contributed by atoms with Crippen molar-refractivity contribution < 1.29 is 14.3 Å². The maximum atomic E-state index is 15.8. The van der Waals surface area contributed by atoms with Crippen molar-refractivity contribution in [1.29, 1.82) is 0 Å². The molecule has 1 aliphatic heterocycles. The molecule has 2 aromatic heterocycles. The van der Waals surface area contributed by atoms with E-state index in [1.807, 2.05) is 29.2 Å². The number of aromatic nitrogens is 3. The van der Waals surface area contributed by atoms with Gasteiger partial charge in [-0.1, -0.05) is 30.8 Å². The van der Waals surface area contributed by atoms with Crippen LogP contribution in [0.2, 0.25) is 0 Å². The Balaban J connectivity index is 1.61. The molecule has 3 heterocycles. The number of rotatable bonds is 3. The number of phenolic OH excluding ortho intramolecular Hbond substituents is 1. The van der Waals surface area contributed by atoms with Gasteiger partial charge in [-0.2, -0.15) is 0 Å². The van der Waals surface area contributed by atoms with Crippen molar-refractivity contribution in [3.63, 3.8) is 0 Å². The summed E-state index contributed by atoms with van der Waals surface area (Å²) in [6.45, 7) is 7.44. The number of fused-ring (bicyclic) bond motifs is 2. The predicted octanol–water partition coefficient (Wildman–Crippen LogP) is 3.83. The van der Waals surface area contributed by atoms with Gasteiger partial charge in [-0.25, -0.2) is 14.4 Å². The number of aromatic hydroxyl groups is 1. The minimum Gasteiger partial charge on any atom is -0.508 e. The smallest absolute Gasteiger partial charge is 0.246 e. The molecule has 0 radical (unpaired) electrons. The van der Waals surface area contributed by atoms with E-state index < -0.39 is 5.82 Å². The van der Waals surface area contributed by atoms with E-state index in [0.717, 1.165) is 10.8 Å². The Hall–Kier alpha value is -4.07. The van der Waals surface area contributed by atoms with Crippen molar-refractivity contribution in [2.24, 2.45) is 0 Å². The van der Waals surface area contributed by atoms with Crippen LogP contribution >= 0.6 is 0 Å². The summed E-state index contributed by atoms with van der Waals surface area (Å²) in [6, 6.07) is 10.6. The van der Waals surface area contributed by atoms with Crippen molar-refractivity contribution in [2.45, 2.75) is 6.92 Å². The molecule has 4 aromatic rings. The first kappa shape index (κ1) is 20.8. The summed E-state index contributed by atoms with van der Waals surface area (Å²) < 4.78 is 15.8. The minimum absolute atomic E-state index is 0.0384. The molecule has 0 unspecified atom stereocenters. The number of carbonyl (C=O) groups is 1. The number of carbonyl (C=O) groups excluding carboxylic acids is 1. The summed E-state index contributed by atoms with van der Waals surface area (Å²) >= 11 is 0. The lowest BCUT2D eigenvalue weighted by Gasteiger charge is -2.35. The average Bonchev–Trinajstić information content (AvgIpc) is 2.83. The summed E-state index contributed by atoms with van der Waals surface area (Å²) in [6.07, 6.45) is 2.90. The van der Waals surface area contributed by atoms with Crippen molar-refractivity contribution in [1.82, 2.24) is 19.9 Å². The van der Waals surface area contributed by atoms with E-state index in [1.54, 1.807) is 24.1 Å². The summed E-state index contributed by atoms with van der Waals surface area (Å²) in [5.41, 5.74) is 0.805. The summed E-state index contributed by atoms with van der Waals surface area (Å²) in [5.74, 6) is 0.418. The Morgan fingerprint density at radius 2 is 1.88 bits per heavy atom. The molecule has 1 N–H and O–H groups in total. The Morgan fingerprint density at radius 3 is 2.64 bits per heavy atom. The zero-order valence-electron chi connectivity index (χ0n) is 18.1. The van der Waals surface area contributed by atoms with E-state index in [0.29, 0.717) is 48.8 Å². The second kappa shape index (κ2) is 8.12. The highest BCUT2D eigenvalue weighted by molar-refractivity contribution is 5.99. The van der Waals surface area contributed by atoms with Crippen LogP contribution in [-0.2, 0) is 4.79 Å². The second-order valence-electron chi connectivity index (χ2n) is 8.01. The Morgan fingerprint density at radius 1 is 1.12 bits per heavy atom. The van der Waals surface area contributed by atoms with Gasteiger partial charge in [-0.05, 0) is 35.9 Å². The topological polar surface area (TPSA) is 82.5 Å². The lowest BCUT2D eigenvalue weighted by atomic mass is 10.00. The van der Waals surface area contributed by atoms with E-state index in [4.69, 9.17) is 0 Å². The SMILES string of the molecule is C=CC(=O)N1CCN(c2nc(C)nc3c(F)c(-c4cc(O)cc5ccccc45)ncc23)CC1. The quantitative estimate of drug-likeness (QED) is 0.485. The molecular weight excluding hydrogens is 421 g/mol. The number of piperazine rings is 1. The molecule has 2 aromatic carbocycles. The van der Waals surface area contributed by atoms with Crippen LogP contribution in [-0.4, -0.2) is 57.0 Å². The number of benzene rings is 2. The zero-order chi connectivity index (χ0) is 23.1. The van der Waals surface area contributed by atoms with E-state index >= 15 is 4.39 Å². The van der Waals surface area contributed by atoms with Gasteiger partial charge in [0.05, 0.1) is 5.39 Å². The number of hydrogen-bond donors (Lipinski definition) is 1. The van der Waals surface area contributed by atoms with Crippen LogP contribution in [0.15, 0.2) is 55.3 Å². The Labute approximate surface area is 189 Å². The minimum atomic E-state index is -0.560. The Bertz CT molecular complexity index is 1410. The van der Waals surface area contributed by atoms with Crippen LogP contribution in [0, 0.1) is 12.7 Å². The van der Waals surface area contributed by atoms with Gasteiger partial charge in [0.25, 0.3) is 0 Å². The number of anilines is 1. The number of hydrogen-bond acceptors (Lipinski definition) is 6. The van der Waals surface area contributed by atoms with Gasteiger partial charge in [0.1, 0.15) is 28.6 Å². The third-order valence-corrected chi connectivity index (χ3v) is 5.94. The fourth-order valence-corrected chi connectivity index (χ4v) is 4.34. The van der Waals surface area contributed by atoms with Crippen LogP contribution in [0.1, 0.15) is 5.82 Å². The van der Waals surface area contributed by atoms with Gasteiger partial charge < -0.3 is 14.9 Å². The monoisotopic (exact) mass is 443 g/mol. The third-order valence-electron chi connectivity index (χ3n) is 5.94. The first-order valence-corrected chi connectivity index (χ1v) is 10.7. The number of phenols is 1. The first-order chi connectivity index (χ1) is 16.0. The maximum Gasteiger partial charge on any atom is 0.246 e. The number of aryl methyl sites for hydroxylation is 1. The van der Waals surface area contributed by atoms with Gasteiger partial charge in [0.15, 0.2) is 5.82 Å². The molecule has 1 amide bonds. The fourth-order valence-electron chi connectivity index (χ4n) is 4.34. The number of halogens is 1. The van der Waals surface area contributed by atoms with E-state index in [9.17, 15) is 9.90 Å². The van der Waals surface area contributed by atoms with Gasteiger partial charge in [0, 0.05) is 37.9 Å². The molecule has 0 saturated carbocycles. The lowest BCUT2D eigenvalue weighted by Crippen LogP contribution is -2.48. The standard InChI is InChI=1S/C25H22FN5O2/c1-3-21(33)30-8-10-31(11-9-30)25-20-14-27-23(22(26)24(20)28-15(2)29-25)19-13-17(32)12-16-6-4-5-7-18(16)19/h3-7,12-14,32H,1,8-11H2,2H3. The Kier molecular flexibility index (Phi) is 5.12. The average molecular weight is 443 g/mol. The van der Waals surface area contributed by atoms with Gasteiger partial charge in [-0.15, -0.1) is 0 Å². The van der Waals surface area contributed by atoms with Crippen LogP contribution in [0.25, 0.3) is 32.9 Å². The summed E-state index contributed by atoms with van der Waals surface area (Å²) in [5, 5.41) is 12.3. The molecule has 0 atom stereocenters. The number of pyridine rings is 1. The van der Waals surface area contributed by atoms with Crippen LogP contribution in [0.5, 0.6) is 5.75 Å². The van der Waals surface area contributed by atoms with Crippen LogP contribution < -0.4 is 4.90 Å². The fraction of sp³-hybridized carbons (Fsp3) is 0.200. The van der Waals surface area contributed by atoms with Gasteiger partial charge in [-0.3, -0.25) is 9.78 Å². The van der Waals surface area contributed by atoms with E-state index in [2.05, 4.69) is 21.5 Å².